The molecule has 0 spiro atoms. The molecule has 1 heterocycles. The van der Waals surface area contributed by atoms with Gasteiger partial charge in [0.1, 0.15) is 24.3 Å². The average Bonchev–Trinajstić information content (AvgIpc) is 3.36. The van der Waals surface area contributed by atoms with Crippen molar-refractivity contribution in [3.63, 3.8) is 0 Å². The second kappa shape index (κ2) is 14.1. The van der Waals surface area contributed by atoms with Crippen LogP contribution < -0.4 is 15.8 Å². The van der Waals surface area contributed by atoms with E-state index in [1.54, 1.807) is 18.2 Å². The number of carbonyl (C=O) groups excluding carboxylic acids is 2. The molecule has 0 aliphatic carbocycles. The Kier molecular flexibility index (Phi) is 10.8. The van der Waals surface area contributed by atoms with E-state index in [4.69, 9.17) is 20.6 Å². The first-order valence-corrected chi connectivity index (χ1v) is 13.9. The van der Waals surface area contributed by atoms with Gasteiger partial charge in [0.15, 0.2) is 5.78 Å². The summed E-state index contributed by atoms with van der Waals surface area (Å²) in [6.45, 7) is 10.9. The molecule has 1 atom stereocenters. The number of nitrogens with one attached hydrogen (secondary N) is 1. The zero-order valence-corrected chi connectivity index (χ0v) is 24.6. The molecule has 0 saturated carbocycles. The van der Waals surface area contributed by atoms with E-state index >= 15 is 0 Å². The Labute approximate surface area is 242 Å². The number of amides is 1. The van der Waals surface area contributed by atoms with Gasteiger partial charge in [0.2, 0.25) is 5.91 Å². The molecule has 1 aromatic heterocycles. The first-order valence-electron chi connectivity index (χ1n) is 13.9. The van der Waals surface area contributed by atoms with Crippen LogP contribution in [0.2, 0.25) is 0 Å². The highest BCUT2D eigenvalue weighted by molar-refractivity contribution is 5.96. The van der Waals surface area contributed by atoms with Crippen LogP contribution in [0, 0.1) is 17.2 Å². The summed E-state index contributed by atoms with van der Waals surface area (Å²) < 4.78 is 7.78. The number of nitrogens with zero attached hydrogens (tertiary/aromatic N) is 3. The maximum Gasteiger partial charge on any atom is 0.245 e. The quantitative estimate of drug-likeness (QED) is 0.269. The van der Waals surface area contributed by atoms with Crippen LogP contribution in [-0.2, 0) is 23.2 Å². The number of carbonyl (C=O) groups is 2. The van der Waals surface area contributed by atoms with Gasteiger partial charge in [-0.3, -0.25) is 9.59 Å². The van der Waals surface area contributed by atoms with Gasteiger partial charge in [-0.15, -0.1) is 0 Å². The summed E-state index contributed by atoms with van der Waals surface area (Å²) >= 11 is 0. The van der Waals surface area contributed by atoms with Crippen molar-refractivity contribution in [3.05, 3.63) is 71.2 Å². The number of rotatable bonds is 13. The van der Waals surface area contributed by atoms with Gasteiger partial charge in [-0.25, -0.2) is 4.98 Å². The number of aliphatic hydroxyl groups excluding tert-OH is 1. The van der Waals surface area contributed by atoms with Crippen molar-refractivity contribution >= 4 is 11.7 Å². The summed E-state index contributed by atoms with van der Waals surface area (Å²) in [7, 11) is 0. The number of ketones is 1. The van der Waals surface area contributed by atoms with Gasteiger partial charge in [-0.1, -0.05) is 45.0 Å². The van der Waals surface area contributed by atoms with Crippen LogP contribution >= 0.6 is 0 Å². The highest BCUT2D eigenvalue weighted by Crippen LogP contribution is 2.28. The summed E-state index contributed by atoms with van der Waals surface area (Å²) in [5.74, 6) is 0.550. The van der Waals surface area contributed by atoms with E-state index in [9.17, 15) is 14.9 Å². The number of nitriles is 1. The molecule has 0 aliphatic heterocycles. The lowest BCUT2D eigenvalue weighted by Gasteiger charge is -2.19. The molecule has 1 amide bonds. The second-order valence-electron chi connectivity index (χ2n) is 11.5. The minimum Gasteiger partial charge on any atom is -0.490 e. The molecule has 0 aliphatic rings. The van der Waals surface area contributed by atoms with Crippen molar-refractivity contribution in [1.29, 1.82) is 5.26 Å². The predicted octanol–water partition coefficient (Wildman–Crippen LogP) is 4.01. The molecular formula is C32H41N5O4. The summed E-state index contributed by atoms with van der Waals surface area (Å²) in [6.07, 6.45) is 2.62. The molecule has 4 N–H and O–H groups in total. The van der Waals surface area contributed by atoms with Crippen molar-refractivity contribution in [3.8, 4) is 23.1 Å². The predicted molar refractivity (Wildman–Crippen MR) is 159 cm³/mol. The van der Waals surface area contributed by atoms with Crippen molar-refractivity contribution in [1.82, 2.24) is 14.9 Å². The number of Topliss-reactive ketones (excluding diaryl/α,β-unsaturated/α-hetero) is 1. The molecule has 9 nitrogen and oxygen atoms in total. The molecule has 41 heavy (non-hydrogen) atoms. The number of aliphatic hydroxyl groups is 1. The van der Waals surface area contributed by atoms with E-state index in [2.05, 4.69) is 36.7 Å². The van der Waals surface area contributed by atoms with Crippen molar-refractivity contribution in [2.45, 2.75) is 65.5 Å². The fourth-order valence-electron chi connectivity index (χ4n) is 4.67. The van der Waals surface area contributed by atoms with Crippen molar-refractivity contribution in [2.24, 2.45) is 11.7 Å². The molecule has 0 saturated heterocycles. The molecule has 0 bridgehead atoms. The van der Waals surface area contributed by atoms with E-state index in [-0.39, 0.29) is 36.2 Å². The normalized spacial score (nSPS) is 12.2. The fourth-order valence-corrected chi connectivity index (χ4v) is 4.67. The molecular weight excluding hydrogens is 518 g/mol. The van der Waals surface area contributed by atoms with Crippen LogP contribution in [0.1, 0.15) is 68.3 Å². The zero-order chi connectivity index (χ0) is 30.2. The van der Waals surface area contributed by atoms with Crippen LogP contribution in [0.25, 0.3) is 11.3 Å². The number of nitrogens with two attached hydrogens (primary N) is 1. The summed E-state index contributed by atoms with van der Waals surface area (Å²) in [5, 5.41) is 21.4. The topological polar surface area (TPSA) is 143 Å². The van der Waals surface area contributed by atoms with Crippen LogP contribution in [0.5, 0.6) is 5.75 Å². The number of aromatic nitrogens is 2. The standard InChI is InChI=1S/C32H41N5O4/c1-21(2)41-29-11-10-25(16-26(29)17-34)28(39)15-23(18-35-30(40)20-38)14-22-6-8-24(9-7-22)27-19-37(13-12-33)31(36-27)32(3,4)5/h6-11,16,19,21,23,38H,12-15,18,20,33H2,1-5H3,(H,35,40)/t23-/m1/s1. The van der Waals surface area contributed by atoms with Gasteiger partial charge in [-0.05, 0) is 49.9 Å². The van der Waals surface area contributed by atoms with Crippen LogP contribution in [0.3, 0.4) is 0 Å². The number of ether oxygens (including phenoxy) is 1. The summed E-state index contributed by atoms with van der Waals surface area (Å²) in [5.41, 5.74) is 9.25. The smallest absolute Gasteiger partial charge is 0.245 e. The largest absolute Gasteiger partial charge is 0.490 e. The zero-order valence-electron chi connectivity index (χ0n) is 24.6. The van der Waals surface area contributed by atoms with Gasteiger partial charge in [0, 0.05) is 48.8 Å². The number of benzene rings is 2. The van der Waals surface area contributed by atoms with E-state index in [0.717, 1.165) is 22.6 Å². The van der Waals surface area contributed by atoms with Gasteiger partial charge in [0.05, 0.1) is 17.4 Å². The molecule has 3 rings (SSSR count). The van der Waals surface area contributed by atoms with E-state index < -0.39 is 12.5 Å². The number of imidazole rings is 1. The molecule has 2 aromatic carbocycles. The Bertz CT molecular complexity index is 1380. The lowest BCUT2D eigenvalue weighted by atomic mass is 9.91. The first kappa shape index (κ1) is 31.5. The third-order valence-corrected chi connectivity index (χ3v) is 6.58. The lowest BCUT2D eigenvalue weighted by molar-refractivity contribution is -0.124. The van der Waals surface area contributed by atoms with Gasteiger partial charge < -0.3 is 25.5 Å². The minimum atomic E-state index is -0.619. The highest BCUT2D eigenvalue weighted by Gasteiger charge is 2.22. The Hall–Kier alpha value is -4.00. The summed E-state index contributed by atoms with van der Waals surface area (Å²) in [4.78, 5) is 29.9. The third-order valence-electron chi connectivity index (χ3n) is 6.58. The minimum absolute atomic E-state index is 0.100. The second-order valence-corrected chi connectivity index (χ2v) is 11.5. The van der Waals surface area contributed by atoms with Crippen molar-refractivity contribution in [2.75, 3.05) is 19.7 Å². The third kappa shape index (κ3) is 8.74. The number of hydrogen-bond donors (Lipinski definition) is 3. The first-order chi connectivity index (χ1) is 19.4. The van der Waals surface area contributed by atoms with Gasteiger partial charge in [0.25, 0.3) is 0 Å². The average molecular weight is 560 g/mol. The maximum atomic E-state index is 13.2. The van der Waals surface area contributed by atoms with E-state index in [1.165, 1.54) is 0 Å². The fraction of sp³-hybridized carbons (Fsp3) is 0.438. The van der Waals surface area contributed by atoms with Crippen LogP contribution in [-0.4, -0.2) is 52.1 Å². The summed E-state index contributed by atoms with van der Waals surface area (Å²) in [6, 6.07) is 15.0. The van der Waals surface area contributed by atoms with E-state index in [0.29, 0.717) is 36.4 Å². The lowest BCUT2D eigenvalue weighted by Crippen LogP contribution is -2.33. The Morgan fingerprint density at radius 3 is 2.46 bits per heavy atom. The molecule has 0 unspecified atom stereocenters. The molecule has 9 heteroatoms. The molecule has 0 fully saturated rings. The SMILES string of the molecule is CC(C)Oc1ccc(C(=O)C[C@H](CNC(=O)CO)Cc2ccc(-c3cn(CCN)c(C(C)(C)C)n3)cc2)cc1C#N. The molecule has 0 radical (unpaired) electrons. The van der Waals surface area contributed by atoms with Crippen molar-refractivity contribution < 1.29 is 19.4 Å². The highest BCUT2D eigenvalue weighted by atomic mass is 16.5. The Balaban J connectivity index is 1.79. The monoisotopic (exact) mass is 559 g/mol. The van der Waals surface area contributed by atoms with Gasteiger partial charge in [-0.2, -0.15) is 5.26 Å². The maximum absolute atomic E-state index is 13.2. The van der Waals surface area contributed by atoms with Gasteiger partial charge >= 0.3 is 0 Å². The molecule has 3 aromatic rings. The Morgan fingerprint density at radius 2 is 1.88 bits per heavy atom. The Morgan fingerprint density at radius 1 is 1.17 bits per heavy atom. The van der Waals surface area contributed by atoms with Crippen LogP contribution in [0.4, 0.5) is 0 Å². The van der Waals surface area contributed by atoms with Crippen LogP contribution in [0.15, 0.2) is 48.7 Å². The molecule has 218 valence electrons. The number of hydrogen-bond acceptors (Lipinski definition) is 7. The van der Waals surface area contributed by atoms with E-state index in [1.807, 2.05) is 44.3 Å².